The third-order valence-electron chi connectivity index (χ3n) is 1.09. The van der Waals surface area contributed by atoms with Gasteiger partial charge < -0.3 is 0 Å². The van der Waals surface area contributed by atoms with Crippen LogP contribution < -0.4 is 13.3 Å². The molecule has 56 valence electrons. The van der Waals surface area contributed by atoms with Gasteiger partial charge in [0, 0.05) is 1.43 Å². The molecule has 0 bridgehead atoms. The van der Waals surface area contributed by atoms with E-state index in [1.807, 2.05) is 55.2 Å². The number of hydrogen-bond acceptors (Lipinski definition) is 0. The Morgan fingerprint density at radius 2 is 1.45 bits per heavy atom. The van der Waals surface area contributed by atoms with Crippen LogP contribution in [0.5, 0.6) is 0 Å². The number of rotatable bonds is 0. The molecule has 0 N–H and O–H groups in total. The molecule has 0 saturated carbocycles. The van der Waals surface area contributed by atoms with E-state index in [-0.39, 0.29) is 1.43 Å². The normalized spacial score (nSPS) is 7.64. The fraction of sp³-hybridized carbons (Fsp3) is 0.800. The summed E-state index contributed by atoms with van der Waals surface area (Å²) in [6.45, 7) is 1.50. The first-order valence-electron chi connectivity index (χ1n) is 3.47. The topological polar surface area (TPSA) is 11.6 Å². The molecule has 2 radical (unpaired) electrons. The van der Waals surface area contributed by atoms with Gasteiger partial charge in [0.1, 0.15) is 0 Å². The molecule has 1 aromatic rings. The van der Waals surface area contributed by atoms with Crippen LogP contribution in [0.25, 0.3) is 0 Å². The summed E-state index contributed by atoms with van der Waals surface area (Å²) in [6, 6.07) is 0. The molecule has 0 fully saturated rings. The minimum atomic E-state index is 0. The van der Waals surface area contributed by atoms with Gasteiger partial charge in [-0.2, -0.15) is 0 Å². The van der Waals surface area contributed by atoms with Gasteiger partial charge in [0.15, 0.2) is 0 Å². The average molecular weight is 150 g/mol. The Morgan fingerprint density at radius 1 is 1.09 bits per heavy atom. The Morgan fingerprint density at radius 3 is 1.73 bits per heavy atom. The van der Waals surface area contributed by atoms with Gasteiger partial charge in [0.05, 0.1) is 7.85 Å². The minimum Gasteiger partial charge on any atom is -0.0999 e. The summed E-state index contributed by atoms with van der Waals surface area (Å²) in [5, 5.41) is 0. The zero-order valence-electron chi connectivity index (χ0n) is 7.65. The molecule has 1 rings (SSSR count). The van der Waals surface area contributed by atoms with Gasteiger partial charge in [-0.05, 0) is 0 Å². The first-order valence-corrected chi connectivity index (χ1v) is 3.47. The van der Waals surface area contributed by atoms with E-state index in [0.717, 1.165) is 0 Å². The van der Waals surface area contributed by atoms with E-state index in [9.17, 15) is 0 Å². The Kier molecular flexibility index (Phi) is 4.91. The Labute approximate surface area is 72.1 Å². The second-order valence-corrected chi connectivity index (χ2v) is 2.34. The van der Waals surface area contributed by atoms with Gasteiger partial charge in [0.25, 0.3) is 0 Å². The first-order chi connectivity index (χ1) is 5.18. The maximum Gasteiger partial charge on any atom is 0.0606 e. The van der Waals surface area contributed by atoms with E-state index in [1.165, 1.54) is 6.82 Å². The van der Waals surface area contributed by atoms with Crippen LogP contribution in [-0.4, -0.2) is 22.2 Å². The molecule has 3 nitrogen and oxygen atoms in total. The van der Waals surface area contributed by atoms with Crippen molar-refractivity contribution in [3.8, 4) is 0 Å². The second-order valence-electron chi connectivity index (χ2n) is 2.34. The van der Waals surface area contributed by atoms with Crippen molar-refractivity contribution in [2.75, 3.05) is 0 Å². The molecular weight excluding hydrogens is 135 g/mol. The van der Waals surface area contributed by atoms with Crippen molar-refractivity contribution >= 4 is 22.2 Å². The van der Waals surface area contributed by atoms with Gasteiger partial charge in [-0.3, -0.25) is 0 Å². The number of nitrogens with zero attached hydrogens (tertiary/aromatic N) is 3. The molecule has 0 aromatic carbocycles. The van der Waals surface area contributed by atoms with Gasteiger partial charge in [-0.25, -0.2) is 0 Å². The molecule has 0 amide bonds. The summed E-state index contributed by atoms with van der Waals surface area (Å²) in [6.07, 6.45) is 2.00. The van der Waals surface area contributed by atoms with Gasteiger partial charge in [-0.1, -0.05) is 6.82 Å². The predicted octanol–water partition coefficient (Wildman–Crippen LogP) is -2.71. The zero-order chi connectivity index (χ0) is 8.85. The van der Waals surface area contributed by atoms with E-state index in [0.29, 0.717) is 0 Å². The van der Waals surface area contributed by atoms with Crippen molar-refractivity contribution in [2.24, 2.45) is 21.1 Å². The SMILES string of the molecule is C[n+]1b[n+](C)c[n+](C)b1.[B]C.[HH]. The largest absolute Gasteiger partial charge is 0.0999 e. The van der Waals surface area contributed by atoms with Crippen molar-refractivity contribution in [3.05, 3.63) is 6.33 Å². The zero-order valence-corrected chi connectivity index (χ0v) is 7.65. The van der Waals surface area contributed by atoms with Crippen LogP contribution in [0.4, 0.5) is 0 Å². The summed E-state index contributed by atoms with van der Waals surface area (Å²) < 4.78 is 6.00. The molecule has 0 aliphatic carbocycles. The number of aromatic nitrogens is 3. The van der Waals surface area contributed by atoms with E-state index in [2.05, 4.69) is 7.85 Å². The molecule has 0 saturated heterocycles. The third kappa shape index (κ3) is 4.01. The van der Waals surface area contributed by atoms with Crippen molar-refractivity contribution in [2.45, 2.75) is 6.82 Å². The molecule has 0 spiro atoms. The van der Waals surface area contributed by atoms with Crippen LogP contribution >= 0.6 is 0 Å². The second kappa shape index (κ2) is 5.16. The van der Waals surface area contributed by atoms with Crippen molar-refractivity contribution < 1.29 is 14.8 Å². The van der Waals surface area contributed by atoms with E-state index >= 15 is 0 Å². The molecule has 0 aliphatic rings. The number of aryl methyl sites for hydroxylation is 3. The quantitative estimate of drug-likeness (QED) is 0.356. The molecule has 1 heterocycles. The summed E-state index contributed by atoms with van der Waals surface area (Å²) in [5.41, 5.74) is 0. The molecule has 0 aliphatic heterocycles. The van der Waals surface area contributed by atoms with E-state index in [4.69, 9.17) is 0 Å². The van der Waals surface area contributed by atoms with Crippen molar-refractivity contribution in [1.82, 2.24) is 0 Å². The van der Waals surface area contributed by atoms with Crippen LogP contribution in [0.15, 0.2) is 6.33 Å². The van der Waals surface area contributed by atoms with E-state index in [1.54, 1.807) is 0 Å². The summed E-state index contributed by atoms with van der Waals surface area (Å²) >= 11 is 0. The van der Waals surface area contributed by atoms with Crippen LogP contribution in [0, 0.1) is 0 Å². The van der Waals surface area contributed by atoms with Gasteiger partial charge in [-0.15, -0.1) is 0 Å². The standard InChI is InChI=1S/C4H10B2N3.CH3B.H2/c1-7-4-8(2)6-9(3)5-7;1-2;/h4H,1-3H3;1H3;1H/q+3;;. The Bertz CT molecular complexity index is 183. The van der Waals surface area contributed by atoms with Crippen LogP contribution in [-0.2, 0) is 21.1 Å². The fourth-order valence-electron chi connectivity index (χ4n) is 0.951. The Balaban J connectivity index is 0. The van der Waals surface area contributed by atoms with Crippen LogP contribution in [0.3, 0.4) is 0 Å². The smallest absolute Gasteiger partial charge is 0.0606 e. The molecule has 0 atom stereocenters. The van der Waals surface area contributed by atoms with Gasteiger partial charge in [0.2, 0.25) is 0 Å². The molecule has 11 heavy (non-hydrogen) atoms. The maximum absolute atomic E-state index is 4.50. The molecule has 0 unspecified atom stereocenters. The minimum absolute atomic E-state index is 0. The van der Waals surface area contributed by atoms with Crippen LogP contribution in [0.2, 0.25) is 6.82 Å². The summed E-state index contributed by atoms with van der Waals surface area (Å²) in [7, 11) is 14.5. The third-order valence-corrected chi connectivity index (χ3v) is 1.09. The predicted molar refractivity (Wildman–Crippen MR) is 46.4 cm³/mol. The average Bonchev–Trinajstić information content (AvgIpc) is 1.88. The summed E-state index contributed by atoms with van der Waals surface area (Å²) in [5.74, 6) is 0. The van der Waals surface area contributed by atoms with Crippen molar-refractivity contribution in [3.63, 3.8) is 0 Å². The maximum atomic E-state index is 4.50. The molecule has 6 heteroatoms. The first kappa shape index (κ1) is 10.5. The molecular formula is C5H15B3N3+3. The Hall–Kier alpha value is -0.535. The van der Waals surface area contributed by atoms with Gasteiger partial charge >= 0.3 is 55.2 Å². The number of hydrogen-bond donors (Lipinski definition) is 0. The fourth-order valence-corrected chi connectivity index (χ4v) is 0.951. The molecule has 1 aromatic heterocycles. The van der Waals surface area contributed by atoms with E-state index < -0.39 is 0 Å². The van der Waals surface area contributed by atoms with Crippen molar-refractivity contribution in [1.29, 1.82) is 0 Å². The monoisotopic (exact) mass is 150 g/mol. The van der Waals surface area contributed by atoms with Crippen LogP contribution in [0.1, 0.15) is 1.43 Å². The summed E-state index contributed by atoms with van der Waals surface area (Å²) in [4.78, 5) is 0.